The van der Waals surface area contributed by atoms with Crippen LogP contribution in [0.2, 0.25) is 0 Å². The van der Waals surface area contributed by atoms with Gasteiger partial charge in [0.2, 0.25) is 0 Å². The second kappa shape index (κ2) is 2.94. The zero-order valence-electron chi connectivity index (χ0n) is 6.84. The smallest absolute Gasteiger partial charge is 0.0457 e. The molecule has 0 fully saturated rings. The molecule has 1 nitrogen and oxygen atoms in total. The first-order chi connectivity index (χ1) is 5.79. The Morgan fingerprint density at radius 1 is 1.33 bits per heavy atom. The lowest BCUT2D eigenvalue weighted by atomic mass is 10.1. The molecule has 0 aliphatic rings. The lowest BCUT2D eigenvalue weighted by Crippen LogP contribution is -1.83. The monoisotopic (exact) mass is 223 g/mol. The average molecular weight is 224 g/mol. The Balaban J connectivity index is 2.73. The van der Waals surface area contributed by atoms with Crippen molar-refractivity contribution in [3.05, 3.63) is 36.0 Å². The quantitative estimate of drug-likeness (QED) is 0.712. The molecule has 12 heavy (non-hydrogen) atoms. The molecule has 2 aromatic rings. The van der Waals surface area contributed by atoms with Gasteiger partial charge in [0.05, 0.1) is 0 Å². The molecule has 0 radical (unpaired) electrons. The van der Waals surface area contributed by atoms with Gasteiger partial charge in [-0.05, 0) is 24.6 Å². The van der Waals surface area contributed by atoms with E-state index in [0.717, 1.165) is 0 Å². The van der Waals surface area contributed by atoms with Crippen LogP contribution in [0.25, 0.3) is 10.9 Å². The number of aromatic nitrogens is 1. The van der Waals surface area contributed by atoms with E-state index < -0.39 is 0 Å². The average Bonchev–Trinajstić information content (AvgIpc) is 2.49. The summed E-state index contributed by atoms with van der Waals surface area (Å²) in [4.78, 5) is 3.61. The zero-order chi connectivity index (χ0) is 8.55. The second-order valence-corrected chi connectivity index (χ2v) is 4.28. The summed E-state index contributed by atoms with van der Waals surface area (Å²) in [5.41, 5.74) is 2.55. The van der Waals surface area contributed by atoms with E-state index in [9.17, 15) is 0 Å². The number of hydrogen-bond acceptors (Lipinski definition) is 0. The van der Waals surface area contributed by atoms with Gasteiger partial charge in [0.15, 0.2) is 0 Å². The lowest BCUT2D eigenvalue weighted by molar-refractivity contribution is 1.14. The van der Waals surface area contributed by atoms with Crippen LogP contribution in [-0.4, -0.2) is 4.98 Å². The van der Waals surface area contributed by atoms with E-state index in [1.165, 1.54) is 16.5 Å². The highest BCUT2D eigenvalue weighted by molar-refractivity contribution is 9.09. The molecule has 0 saturated heterocycles. The van der Waals surface area contributed by atoms with E-state index in [0.29, 0.717) is 4.83 Å². The Bertz CT molecular complexity index is 389. The summed E-state index contributed by atoms with van der Waals surface area (Å²) in [6, 6.07) is 8.43. The minimum Gasteiger partial charge on any atom is -0.361 e. The highest BCUT2D eigenvalue weighted by atomic mass is 79.9. The van der Waals surface area contributed by atoms with Crippen LogP contribution in [0.15, 0.2) is 30.5 Å². The van der Waals surface area contributed by atoms with Gasteiger partial charge in [0.1, 0.15) is 0 Å². The summed E-state index contributed by atoms with van der Waals surface area (Å²) < 4.78 is 0. The Labute approximate surface area is 79.9 Å². The van der Waals surface area contributed by atoms with Gasteiger partial charge in [-0.2, -0.15) is 0 Å². The van der Waals surface area contributed by atoms with E-state index >= 15 is 0 Å². The molecule has 1 aromatic heterocycles. The number of hydrogen-bond donors (Lipinski definition) is 1. The predicted octanol–water partition coefficient (Wildman–Crippen LogP) is 3.62. The molecular formula is C10H10BrN. The highest BCUT2D eigenvalue weighted by Crippen LogP contribution is 2.28. The van der Waals surface area contributed by atoms with E-state index in [1.807, 2.05) is 6.20 Å². The van der Waals surface area contributed by atoms with Crippen LogP contribution >= 0.6 is 15.9 Å². The van der Waals surface area contributed by atoms with Gasteiger partial charge in [-0.15, -0.1) is 0 Å². The van der Waals surface area contributed by atoms with Gasteiger partial charge in [-0.1, -0.05) is 28.1 Å². The second-order valence-electron chi connectivity index (χ2n) is 2.90. The van der Waals surface area contributed by atoms with E-state index in [-0.39, 0.29) is 0 Å². The molecule has 0 aliphatic carbocycles. The van der Waals surface area contributed by atoms with Crippen molar-refractivity contribution in [2.75, 3.05) is 0 Å². The van der Waals surface area contributed by atoms with Crippen molar-refractivity contribution in [3.63, 3.8) is 0 Å². The van der Waals surface area contributed by atoms with Crippen molar-refractivity contribution in [1.29, 1.82) is 0 Å². The van der Waals surface area contributed by atoms with Crippen LogP contribution in [0.3, 0.4) is 0 Å². The molecule has 2 heteroatoms. The number of benzene rings is 1. The summed E-state index contributed by atoms with van der Waals surface area (Å²) in [5, 5.41) is 1.31. The highest BCUT2D eigenvalue weighted by Gasteiger charge is 2.05. The maximum atomic E-state index is 3.57. The van der Waals surface area contributed by atoms with Crippen LogP contribution in [0, 0.1) is 0 Å². The number of H-pyrrole nitrogens is 1. The molecule has 2 rings (SSSR count). The lowest BCUT2D eigenvalue weighted by Gasteiger charge is -2.04. The van der Waals surface area contributed by atoms with Crippen molar-refractivity contribution in [2.24, 2.45) is 0 Å². The number of nitrogens with one attached hydrogen (secondary N) is 1. The van der Waals surface area contributed by atoms with Crippen molar-refractivity contribution in [2.45, 2.75) is 11.8 Å². The maximum Gasteiger partial charge on any atom is 0.0457 e. The van der Waals surface area contributed by atoms with E-state index in [2.05, 4.69) is 52.1 Å². The molecule has 62 valence electrons. The number of rotatable bonds is 1. The van der Waals surface area contributed by atoms with Crippen LogP contribution in [0.4, 0.5) is 0 Å². The maximum absolute atomic E-state index is 3.57. The molecule has 0 unspecified atom stereocenters. The van der Waals surface area contributed by atoms with Gasteiger partial charge in [0, 0.05) is 21.9 Å². The third-order valence-electron chi connectivity index (χ3n) is 2.06. The molecule has 0 bridgehead atoms. The molecule has 1 N–H and O–H groups in total. The predicted molar refractivity (Wildman–Crippen MR) is 55.6 cm³/mol. The van der Waals surface area contributed by atoms with Crippen LogP contribution < -0.4 is 0 Å². The molecule has 0 amide bonds. The van der Waals surface area contributed by atoms with Crippen LogP contribution in [0.1, 0.15) is 17.3 Å². The topological polar surface area (TPSA) is 15.8 Å². The third kappa shape index (κ3) is 1.16. The molecule has 0 saturated carbocycles. The number of aromatic amines is 1. The number of halogens is 1. The van der Waals surface area contributed by atoms with E-state index in [4.69, 9.17) is 0 Å². The fraction of sp³-hybridized carbons (Fsp3) is 0.200. The van der Waals surface area contributed by atoms with Gasteiger partial charge >= 0.3 is 0 Å². The SMILES string of the molecule is C[C@H](Br)c1cccc2[nH]ccc12. The first-order valence-electron chi connectivity index (χ1n) is 3.99. The third-order valence-corrected chi connectivity index (χ3v) is 2.55. The minimum absolute atomic E-state index is 0.414. The van der Waals surface area contributed by atoms with Crippen molar-refractivity contribution >= 4 is 26.8 Å². The van der Waals surface area contributed by atoms with Gasteiger partial charge in [0.25, 0.3) is 0 Å². The Kier molecular flexibility index (Phi) is 1.93. The first-order valence-corrected chi connectivity index (χ1v) is 4.90. The molecule has 1 atom stereocenters. The van der Waals surface area contributed by atoms with Gasteiger partial charge in [-0.3, -0.25) is 0 Å². The molecule has 1 heterocycles. The van der Waals surface area contributed by atoms with E-state index in [1.54, 1.807) is 0 Å². The van der Waals surface area contributed by atoms with Crippen LogP contribution in [-0.2, 0) is 0 Å². The van der Waals surface area contributed by atoms with Crippen molar-refractivity contribution in [3.8, 4) is 0 Å². The summed E-state index contributed by atoms with van der Waals surface area (Å²) in [6.07, 6.45) is 1.98. The van der Waals surface area contributed by atoms with Gasteiger partial charge in [-0.25, -0.2) is 0 Å². The first kappa shape index (κ1) is 7.87. The Hall–Kier alpha value is -0.760. The zero-order valence-corrected chi connectivity index (χ0v) is 8.43. The summed E-state index contributed by atoms with van der Waals surface area (Å²) in [6.45, 7) is 2.14. The molecule has 1 aromatic carbocycles. The summed E-state index contributed by atoms with van der Waals surface area (Å²) >= 11 is 3.57. The fourth-order valence-corrected chi connectivity index (χ4v) is 1.86. The largest absolute Gasteiger partial charge is 0.361 e. The van der Waals surface area contributed by atoms with Crippen molar-refractivity contribution < 1.29 is 0 Å². The molecule has 0 aliphatic heterocycles. The summed E-state index contributed by atoms with van der Waals surface area (Å²) in [5.74, 6) is 0. The minimum atomic E-state index is 0.414. The number of alkyl halides is 1. The van der Waals surface area contributed by atoms with Gasteiger partial charge < -0.3 is 4.98 Å². The number of fused-ring (bicyclic) bond motifs is 1. The summed E-state index contributed by atoms with van der Waals surface area (Å²) in [7, 11) is 0. The normalized spacial score (nSPS) is 13.5. The Morgan fingerprint density at radius 2 is 2.17 bits per heavy atom. The molecular weight excluding hydrogens is 214 g/mol. The van der Waals surface area contributed by atoms with Crippen molar-refractivity contribution in [1.82, 2.24) is 4.98 Å². The Morgan fingerprint density at radius 3 is 2.92 bits per heavy atom. The fourth-order valence-electron chi connectivity index (χ4n) is 1.46. The molecule has 0 spiro atoms. The van der Waals surface area contributed by atoms with Crippen LogP contribution in [0.5, 0.6) is 0 Å². The standard InChI is InChI=1S/C10H10BrN/c1-7(11)8-3-2-4-10-9(8)5-6-12-10/h2-7,12H,1H3/t7-/m0/s1.